The molecule has 0 aromatic heterocycles. The summed E-state index contributed by atoms with van der Waals surface area (Å²) in [6.07, 6.45) is 0.390. The number of halogens is 1. The molecule has 0 aliphatic heterocycles. The molecule has 0 atom stereocenters. The fourth-order valence-corrected chi connectivity index (χ4v) is 3.37. The number of benzene rings is 1. The molecule has 3 heteroatoms. The second-order valence-electron chi connectivity index (χ2n) is 6.48. The van der Waals surface area contributed by atoms with E-state index in [0.717, 1.165) is 11.3 Å². The average molecular weight is 281 g/mol. The highest BCUT2D eigenvalue weighted by molar-refractivity contribution is 6.30. The number of ether oxygens (including phenoxy) is 1. The van der Waals surface area contributed by atoms with Gasteiger partial charge in [-0.2, -0.15) is 0 Å². The molecule has 0 radical (unpaired) electrons. The van der Waals surface area contributed by atoms with Crippen LogP contribution in [0, 0.1) is 16.7 Å². The minimum atomic E-state index is 0.0793. The third-order valence-electron chi connectivity index (χ3n) is 4.95. The summed E-state index contributed by atoms with van der Waals surface area (Å²) < 4.78 is 5.29. The number of rotatable bonds is 4. The molecule has 0 heterocycles. The molecule has 2 rings (SSSR count). The van der Waals surface area contributed by atoms with Crippen molar-refractivity contribution in [3.8, 4) is 5.75 Å². The van der Waals surface area contributed by atoms with Crippen LogP contribution < -0.4 is 4.74 Å². The predicted octanol–water partition coefficient (Wildman–Crippen LogP) is 4.14. The van der Waals surface area contributed by atoms with E-state index in [1.165, 1.54) is 0 Å². The van der Waals surface area contributed by atoms with Gasteiger partial charge in [-0.05, 0) is 29.0 Å². The largest absolute Gasteiger partial charge is 0.496 e. The van der Waals surface area contributed by atoms with E-state index in [9.17, 15) is 4.79 Å². The first kappa shape index (κ1) is 14.4. The Hall–Kier alpha value is -1.02. The van der Waals surface area contributed by atoms with Crippen LogP contribution in [0.4, 0.5) is 0 Å². The van der Waals surface area contributed by atoms with Crippen molar-refractivity contribution in [2.45, 2.75) is 34.1 Å². The zero-order valence-electron chi connectivity index (χ0n) is 12.2. The number of carbonyl (C=O) groups excluding carboxylic acids is 1. The fourth-order valence-electron chi connectivity index (χ4n) is 3.18. The van der Waals surface area contributed by atoms with Crippen molar-refractivity contribution >= 4 is 17.4 Å². The maximum atomic E-state index is 12.5. The minimum Gasteiger partial charge on any atom is -0.496 e. The van der Waals surface area contributed by atoms with Crippen molar-refractivity contribution in [2.24, 2.45) is 16.7 Å². The Morgan fingerprint density at radius 1 is 1.26 bits per heavy atom. The number of hydrogen-bond donors (Lipinski definition) is 0. The molecular weight excluding hydrogens is 260 g/mol. The zero-order valence-corrected chi connectivity index (χ0v) is 13.0. The highest BCUT2D eigenvalue weighted by Crippen LogP contribution is 2.68. The van der Waals surface area contributed by atoms with E-state index in [1.807, 2.05) is 12.1 Å². The lowest BCUT2D eigenvalue weighted by atomic mass is 10.0. The number of carbonyl (C=O) groups is 1. The Bertz CT molecular complexity index is 503. The van der Waals surface area contributed by atoms with Crippen LogP contribution >= 0.6 is 11.6 Å². The Kier molecular flexibility index (Phi) is 3.42. The third-order valence-corrected chi connectivity index (χ3v) is 5.18. The normalized spacial score (nSPS) is 20.1. The van der Waals surface area contributed by atoms with Crippen LogP contribution in [-0.4, -0.2) is 12.9 Å². The fraction of sp³-hybridized carbons (Fsp3) is 0.562. The molecule has 2 nitrogen and oxygen atoms in total. The van der Waals surface area contributed by atoms with Crippen LogP contribution in [0.15, 0.2) is 18.2 Å². The first-order chi connectivity index (χ1) is 8.71. The molecule has 0 spiro atoms. The van der Waals surface area contributed by atoms with Crippen molar-refractivity contribution in [1.29, 1.82) is 0 Å². The first-order valence-electron chi connectivity index (χ1n) is 6.57. The van der Waals surface area contributed by atoms with Gasteiger partial charge in [0.25, 0.3) is 0 Å². The van der Waals surface area contributed by atoms with Crippen LogP contribution in [0.5, 0.6) is 5.75 Å². The molecule has 1 aromatic rings. The smallest absolute Gasteiger partial charge is 0.141 e. The van der Waals surface area contributed by atoms with Gasteiger partial charge in [-0.25, -0.2) is 0 Å². The molecule has 0 saturated heterocycles. The average Bonchev–Trinajstić information content (AvgIpc) is 2.69. The molecule has 1 fully saturated rings. The molecule has 1 saturated carbocycles. The van der Waals surface area contributed by atoms with Crippen LogP contribution in [0.25, 0.3) is 0 Å². The quantitative estimate of drug-likeness (QED) is 0.828. The second-order valence-corrected chi connectivity index (χ2v) is 6.91. The lowest BCUT2D eigenvalue weighted by Gasteiger charge is -2.09. The SMILES string of the molecule is COc1ccc(Cl)cc1CC(=O)C1C(C)(C)C1(C)C. The number of methoxy groups -OCH3 is 1. The zero-order chi connectivity index (χ0) is 14.4. The molecule has 1 aliphatic carbocycles. The number of hydrogen-bond acceptors (Lipinski definition) is 2. The molecule has 104 valence electrons. The summed E-state index contributed by atoms with van der Waals surface area (Å²) in [6.45, 7) is 8.63. The topological polar surface area (TPSA) is 26.3 Å². The summed E-state index contributed by atoms with van der Waals surface area (Å²) in [5.74, 6) is 1.12. The summed E-state index contributed by atoms with van der Waals surface area (Å²) in [4.78, 5) is 12.5. The van der Waals surface area contributed by atoms with Gasteiger partial charge >= 0.3 is 0 Å². The van der Waals surface area contributed by atoms with E-state index in [0.29, 0.717) is 11.4 Å². The summed E-state index contributed by atoms with van der Waals surface area (Å²) in [5.41, 5.74) is 1.03. The van der Waals surface area contributed by atoms with E-state index in [4.69, 9.17) is 16.3 Å². The third kappa shape index (κ3) is 2.27. The monoisotopic (exact) mass is 280 g/mol. The molecule has 1 aliphatic rings. The van der Waals surface area contributed by atoms with Gasteiger partial charge in [0.15, 0.2) is 0 Å². The molecule has 19 heavy (non-hydrogen) atoms. The van der Waals surface area contributed by atoms with E-state index in [2.05, 4.69) is 27.7 Å². The molecule has 1 aromatic carbocycles. The number of ketones is 1. The minimum absolute atomic E-state index is 0.0793. The van der Waals surface area contributed by atoms with E-state index in [1.54, 1.807) is 13.2 Å². The molecular formula is C16H21ClO2. The van der Waals surface area contributed by atoms with Gasteiger partial charge in [-0.15, -0.1) is 0 Å². The van der Waals surface area contributed by atoms with Crippen LogP contribution in [-0.2, 0) is 11.2 Å². The maximum Gasteiger partial charge on any atom is 0.141 e. The molecule has 0 bridgehead atoms. The highest BCUT2D eigenvalue weighted by Gasteiger charge is 2.67. The van der Waals surface area contributed by atoms with Gasteiger partial charge in [0, 0.05) is 22.9 Å². The van der Waals surface area contributed by atoms with Crippen LogP contribution in [0.3, 0.4) is 0 Å². The summed E-state index contributed by atoms with van der Waals surface area (Å²) in [5, 5.41) is 0.637. The lowest BCUT2D eigenvalue weighted by molar-refractivity contribution is -0.120. The standard InChI is InChI=1S/C16H21ClO2/c1-15(2)14(16(15,3)4)12(18)9-10-8-11(17)6-7-13(10)19-5/h6-8,14H,9H2,1-5H3. The maximum absolute atomic E-state index is 12.5. The predicted molar refractivity (Wildman–Crippen MR) is 77.8 cm³/mol. The van der Waals surface area contributed by atoms with Crippen molar-refractivity contribution in [3.05, 3.63) is 28.8 Å². The first-order valence-corrected chi connectivity index (χ1v) is 6.94. The Balaban J connectivity index is 2.19. The van der Waals surface area contributed by atoms with Gasteiger partial charge in [0.1, 0.15) is 11.5 Å². The molecule has 0 amide bonds. The van der Waals surface area contributed by atoms with Gasteiger partial charge in [0.05, 0.1) is 7.11 Å². The van der Waals surface area contributed by atoms with Crippen molar-refractivity contribution in [2.75, 3.05) is 7.11 Å². The van der Waals surface area contributed by atoms with Gasteiger partial charge in [-0.1, -0.05) is 39.3 Å². The van der Waals surface area contributed by atoms with E-state index < -0.39 is 0 Å². The van der Waals surface area contributed by atoms with Gasteiger partial charge < -0.3 is 4.74 Å². The van der Waals surface area contributed by atoms with Crippen molar-refractivity contribution in [1.82, 2.24) is 0 Å². The van der Waals surface area contributed by atoms with Gasteiger partial charge in [-0.3, -0.25) is 4.79 Å². The van der Waals surface area contributed by atoms with Crippen molar-refractivity contribution in [3.63, 3.8) is 0 Å². The Morgan fingerprint density at radius 3 is 2.32 bits per heavy atom. The number of Topliss-reactive ketones (excluding diaryl/α,β-unsaturated/α-hetero) is 1. The lowest BCUT2D eigenvalue weighted by Crippen LogP contribution is -2.11. The van der Waals surface area contributed by atoms with Gasteiger partial charge in [0.2, 0.25) is 0 Å². The molecule has 0 N–H and O–H groups in total. The van der Waals surface area contributed by atoms with E-state index >= 15 is 0 Å². The highest BCUT2D eigenvalue weighted by atomic mass is 35.5. The van der Waals surface area contributed by atoms with E-state index in [-0.39, 0.29) is 22.5 Å². The van der Waals surface area contributed by atoms with Crippen LogP contribution in [0.1, 0.15) is 33.3 Å². The summed E-state index contributed by atoms with van der Waals surface area (Å²) >= 11 is 6.00. The molecule has 0 unspecified atom stereocenters. The Labute approximate surface area is 120 Å². The summed E-state index contributed by atoms with van der Waals surface area (Å²) in [7, 11) is 1.61. The van der Waals surface area contributed by atoms with Crippen LogP contribution in [0.2, 0.25) is 5.02 Å². The van der Waals surface area contributed by atoms with Crippen molar-refractivity contribution < 1.29 is 9.53 Å². The Morgan fingerprint density at radius 2 is 1.84 bits per heavy atom. The summed E-state index contributed by atoms with van der Waals surface area (Å²) in [6, 6.07) is 5.41. The second kappa shape index (κ2) is 4.52.